The molecule has 2 aromatic rings. The number of ether oxygens (including phenoxy) is 3. The third-order valence-electron chi connectivity index (χ3n) is 4.63. The van der Waals surface area contributed by atoms with Crippen molar-refractivity contribution in [2.75, 3.05) is 30.5 Å². The van der Waals surface area contributed by atoms with Crippen molar-refractivity contribution in [3.63, 3.8) is 0 Å². The van der Waals surface area contributed by atoms with Gasteiger partial charge in [0.15, 0.2) is 17.6 Å². The number of halogens is 1. The number of esters is 1. The minimum absolute atomic E-state index is 0.155. The standard InChI is InChI=1S/C23H23ClN2O6/c1-4-31-22-16(24)11-15(12-19(22)30-3)9-10-21(28)32-14(2)23(29)26-13-20(27)25-17-7-5-6-8-18(17)26/h5-12,14H,4,13H2,1-3H3,(H,25,27). The van der Waals surface area contributed by atoms with Crippen molar-refractivity contribution in [3.8, 4) is 11.5 Å². The lowest BCUT2D eigenvalue weighted by Gasteiger charge is -2.30. The fourth-order valence-electron chi connectivity index (χ4n) is 3.20. The van der Waals surface area contributed by atoms with Crippen molar-refractivity contribution >= 4 is 46.8 Å². The molecule has 0 aromatic heterocycles. The molecule has 168 valence electrons. The van der Waals surface area contributed by atoms with Gasteiger partial charge in [-0.15, -0.1) is 0 Å². The van der Waals surface area contributed by atoms with E-state index in [0.29, 0.717) is 40.1 Å². The van der Waals surface area contributed by atoms with Crippen LogP contribution in [0.15, 0.2) is 42.5 Å². The third kappa shape index (κ3) is 5.20. The number of rotatable bonds is 7. The van der Waals surface area contributed by atoms with Crippen LogP contribution in [0, 0.1) is 0 Å². The monoisotopic (exact) mass is 458 g/mol. The summed E-state index contributed by atoms with van der Waals surface area (Å²) in [6, 6.07) is 10.2. The summed E-state index contributed by atoms with van der Waals surface area (Å²) < 4.78 is 16.0. The number of para-hydroxylation sites is 2. The molecule has 32 heavy (non-hydrogen) atoms. The van der Waals surface area contributed by atoms with Gasteiger partial charge in [0.25, 0.3) is 5.91 Å². The number of amides is 2. The van der Waals surface area contributed by atoms with Gasteiger partial charge in [-0.1, -0.05) is 23.7 Å². The van der Waals surface area contributed by atoms with Crippen LogP contribution >= 0.6 is 11.6 Å². The van der Waals surface area contributed by atoms with Gasteiger partial charge >= 0.3 is 5.97 Å². The van der Waals surface area contributed by atoms with Crippen LogP contribution in [0.4, 0.5) is 11.4 Å². The minimum Gasteiger partial charge on any atom is -0.493 e. The summed E-state index contributed by atoms with van der Waals surface area (Å²) in [5, 5.41) is 3.04. The maximum Gasteiger partial charge on any atom is 0.331 e. The second-order valence-electron chi connectivity index (χ2n) is 6.87. The summed E-state index contributed by atoms with van der Waals surface area (Å²) in [7, 11) is 1.49. The Morgan fingerprint density at radius 3 is 2.75 bits per heavy atom. The Balaban J connectivity index is 1.69. The lowest BCUT2D eigenvalue weighted by molar-refractivity contribution is -0.149. The Kier molecular flexibility index (Phi) is 7.37. The molecule has 1 aliphatic rings. The first-order valence-electron chi connectivity index (χ1n) is 9.93. The second-order valence-corrected chi connectivity index (χ2v) is 7.28. The summed E-state index contributed by atoms with van der Waals surface area (Å²) in [6.45, 7) is 3.56. The predicted molar refractivity (Wildman–Crippen MR) is 121 cm³/mol. The number of carbonyl (C=O) groups excluding carboxylic acids is 3. The molecule has 1 heterocycles. The highest BCUT2D eigenvalue weighted by Crippen LogP contribution is 2.36. The first-order chi connectivity index (χ1) is 15.3. The van der Waals surface area contributed by atoms with Crippen molar-refractivity contribution in [1.82, 2.24) is 0 Å². The van der Waals surface area contributed by atoms with E-state index in [9.17, 15) is 14.4 Å². The van der Waals surface area contributed by atoms with Gasteiger partial charge in [0, 0.05) is 6.08 Å². The second kappa shape index (κ2) is 10.2. The molecule has 2 aromatic carbocycles. The molecule has 0 aliphatic carbocycles. The van der Waals surface area contributed by atoms with E-state index < -0.39 is 18.0 Å². The van der Waals surface area contributed by atoms with Gasteiger partial charge in [0.1, 0.15) is 6.54 Å². The van der Waals surface area contributed by atoms with E-state index in [0.717, 1.165) is 0 Å². The average molecular weight is 459 g/mol. The molecule has 0 fully saturated rings. The van der Waals surface area contributed by atoms with Crippen LogP contribution in [-0.4, -0.2) is 44.1 Å². The molecular weight excluding hydrogens is 436 g/mol. The number of nitrogens with one attached hydrogen (secondary N) is 1. The van der Waals surface area contributed by atoms with Gasteiger partial charge in [0.2, 0.25) is 5.91 Å². The van der Waals surface area contributed by atoms with Gasteiger partial charge in [0.05, 0.1) is 30.1 Å². The number of carbonyl (C=O) groups is 3. The highest BCUT2D eigenvalue weighted by Gasteiger charge is 2.31. The van der Waals surface area contributed by atoms with Crippen LogP contribution < -0.4 is 19.7 Å². The number of benzene rings is 2. The summed E-state index contributed by atoms with van der Waals surface area (Å²) >= 11 is 6.23. The molecular formula is C23H23ClN2O6. The fourth-order valence-corrected chi connectivity index (χ4v) is 3.47. The molecule has 0 saturated carbocycles. The Hall–Kier alpha value is -3.52. The zero-order valence-corrected chi connectivity index (χ0v) is 18.6. The van der Waals surface area contributed by atoms with Gasteiger partial charge in [-0.25, -0.2) is 4.79 Å². The van der Waals surface area contributed by atoms with E-state index in [1.807, 2.05) is 6.92 Å². The smallest absolute Gasteiger partial charge is 0.331 e. The normalized spacial score (nSPS) is 13.9. The maximum absolute atomic E-state index is 12.8. The number of anilines is 2. The van der Waals surface area contributed by atoms with Gasteiger partial charge in [-0.2, -0.15) is 0 Å². The molecule has 1 atom stereocenters. The van der Waals surface area contributed by atoms with Crippen molar-refractivity contribution < 1.29 is 28.6 Å². The molecule has 2 amide bonds. The van der Waals surface area contributed by atoms with Crippen LogP contribution in [-0.2, 0) is 19.1 Å². The predicted octanol–water partition coefficient (Wildman–Crippen LogP) is 3.68. The molecule has 1 aliphatic heterocycles. The van der Waals surface area contributed by atoms with Crippen LogP contribution in [0.1, 0.15) is 19.4 Å². The van der Waals surface area contributed by atoms with Gasteiger partial charge < -0.3 is 19.5 Å². The number of methoxy groups -OCH3 is 1. The molecule has 0 bridgehead atoms. The minimum atomic E-state index is -1.09. The van der Waals surface area contributed by atoms with Crippen molar-refractivity contribution in [2.24, 2.45) is 0 Å². The van der Waals surface area contributed by atoms with Gasteiger partial charge in [-0.3, -0.25) is 14.5 Å². The quantitative estimate of drug-likeness (QED) is 0.502. The van der Waals surface area contributed by atoms with Crippen molar-refractivity contribution in [3.05, 3.63) is 53.1 Å². The lowest BCUT2D eigenvalue weighted by Crippen LogP contribution is -2.46. The van der Waals surface area contributed by atoms with Crippen LogP contribution in [0.25, 0.3) is 6.08 Å². The topological polar surface area (TPSA) is 94.2 Å². The van der Waals surface area contributed by atoms with E-state index in [2.05, 4.69) is 5.32 Å². The molecule has 1 unspecified atom stereocenters. The SMILES string of the molecule is CCOc1c(Cl)cc(C=CC(=O)OC(C)C(=O)N2CC(=O)Nc3ccccc32)cc1OC. The van der Waals surface area contributed by atoms with Crippen LogP contribution in [0.3, 0.4) is 0 Å². The zero-order chi connectivity index (χ0) is 23.3. The first-order valence-corrected chi connectivity index (χ1v) is 10.3. The highest BCUT2D eigenvalue weighted by atomic mass is 35.5. The summed E-state index contributed by atoms with van der Waals surface area (Å²) in [5.41, 5.74) is 1.66. The number of hydrogen-bond acceptors (Lipinski definition) is 6. The van der Waals surface area contributed by atoms with Gasteiger partial charge in [-0.05, 0) is 49.8 Å². The zero-order valence-electron chi connectivity index (χ0n) is 17.9. The number of hydrogen-bond donors (Lipinski definition) is 1. The molecule has 0 radical (unpaired) electrons. The number of nitrogens with zero attached hydrogens (tertiary/aromatic N) is 1. The van der Waals surface area contributed by atoms with E-state index in [1.54, 1.807) is 36.4 Å². The van der Waals surface area contributed by atoms with Crippen LogP contribution in [0.5, 0.6) is 11.5 Å². The molecule has 9 heteroatoms. The third-order valence-corrected chi connectivity index (χ3v) is 4.91. The maximum atomic E-state index is 12.8. The molecule has 0 saturated heterocycles. The van der Waals surface area contributed by atoms with Crippen LogP contribution in [0.2, 0.25) is 5.02 Å². The average Bonchev–Trinajstić information content (AvgIpc) is 2.78. The summed E-state index contributed by atoms with van der Waals surface area (Å²) in [6.07, 6.45) is 1.59. The fraction of sp³-hybridized carbons (Fsp3) is 0.261. The molecule has 8 nitrogen and oxygen atoms in total. The van der Waals surface area contributed by atoms with E-state index in [-0.39, 0.29) is 12.5 Å². The first kappa shape index (κ1) is 23.1. The van der Waals surface area contributed by atoms with E-state index >= 15 is 0 Å². The highest BCUT2D eigenvalue weighted by molar-refractivity contribution is 6.32. The molecule has 0 spiro atoms. The molecule has 3 rings (SSSR count). The molecule has 1 N–H and O–H groups in total. The Morgan fingerprint density at radius 2 is 2.03 bits per heavy atom. The lowest BCUT2D eigenvalue weighted by atomic mass is 10.1. The van der Waals surface area contributed by atoms with Crippen molar-refractivity contribution in [1.29, 1.82) is 0 Å². The van der Waals surface area contributed by atoms with E-state index in [1.165, 1.54) is 31.1 Å². The summed E-state index contributed by atoms with van der Waals surface area (Å²) in [5.74, 6) is -0.694. The Morgan fingerprint density at radius 1 is 1.28 bits per heavy atom. The Labute approximate surface area is 190 Å². The number of fused-ring (bicyclic) bond motifs is 1. The van der Waals surface area contributed by atoms with E-state index in [4.69, 9.17) is 25.8 Å². The largest absolute Gasteiger partial charge is 0.493 e. The van der Waals surface area contributed by atoms with Crippen molar-refractivity contribution in [2.45, 2.75) is 20.0 Å². The Bertz CT molecular complexity index is 1070. The summed E-state index contributed by atoms with van der Waals surface area (Å²) in [4.78, 5) is 38.4.